The predicted molar refractivity (Wildman–Crippen MR) is 90.2 cm³/mol. The number of rotatable bonds is 6. The van der Waals surface area contributed by atoms with Gasteiger partial charge in [0.15, 0.2) is 18.3 Å². The highest BCUT2D eigenvalue weighted by Gasteiger charge is 2.55. The molecule has 1 amide bonds. The number of cyclic esters (lactones) is 1. The Kier molecular flexibility index (Phi) is 6.68. The third-order valence-electron chi connectivity index (χ3n) is 3.96. The average Bonchev–Trinajstić information content (AvgIpc) is 2.92. The highest BCUT2D eigenvalue weighted by atomic mass is 32.2. The highest BCUT2D eigenvalue weighted by Crippen LogP contribution is 2.40. The van der Waals surface area contributed by atoms with Crippen molar-refractivity contribution >= 4 is 41.5 Å². The van der Waals surface area contributed by atoms with Crippen molar-refractivity contribution in [2.24, 2.45) is 0 Å². The molecule has 0 N–H and O–H groups in total. The van der Waals surface area contributed by atoms with E-state index < -0.39 is 60.2 Å². The van der Waals surface area contributed by atoms with Gasteiger partial charge >= 0.3 is 23.9 Å². The van der Waals surface area contributed by atoms with Crippen LogP contribution in [0, 0.1) is 0 Å². The van der Waals surface area contributed by atoms with Gasteiger partial charge in [0.2, 0.25) is 5.91 Å². The van der Waals surface area contributed by atoms with Gasteiger partial charge in [0.05, 0.1) is 0 Å². The lowest BCUT2D eigenvalue weighted by atomic mass is 10.0. The lowest BCUT2D eigenvalue weighted by Crippen LogP contribution is -2.61. The van der Waals surface area contributed by atoms with Crippen molar-refractivity contribution in [3.05, 3.63) is 0 Å². The Morgan fingerprint density at radius 2 is 1.74 bits per heavy atom. The van der Waals surface area contributed by atoms with Crippen LogP contribution in [-0.2, 0) is 42.9 Å². The number of ether oxygens (including phenoxy) is 4. The van der Waals surface area contributed by atoms with Crippen LogP contribution in [0.4, 0.5) is 0 Å². The zero-order chi connectivity index (χ0) is 20.3. The van der Waals surface area contributed by atoms with Gasteiger partial charge in [-0.05, 0) is 0 Å². The fraction of sp³-hybridized carbons (Fsp3) is 0.688. The van der Waals surface area contributed by atoms with E-state index >= 15 is 0 Å². The van der Waals surface area contributed by atoms with Crippen molar-refractivity contribution in [1.82, 2.24) is 4.90 Å². The largest absolute Gasteiger partial charge is 0.462 e. The van der Waals surface area contributed by atoms with Gasteiger partial charge in [0.25, 0.3) is 0 Å². The van der Waals surface area contributed by atoms with Crippen LogP contribution in [0.25, 0.3) is 0 Å². The molecule has 0 saturated carbocycles. The van der Waals surface area contributed by atoms with Crippen molar-refractivity contribution < 1.29 is 42.9 Å². The molecule has 0 radical (unpaired) electrons. The molecule has 0 aromatic carbocycles. The minimum atomic E-state index is -1.26. The van der Waals surface area contributed by atoms with Crippen molar-refractivity contribution in [3.8, 4) is 0 Å². The Hall–Kier alpha value is -2.30. The van der Waals surface area contributed by atoms with E-state index in [4.69, 9.17) is 18.9 Å². The van der Waals surface area contributed by atoms with Gasteiger partial charge in [-0.15, -0.1) is 11.8 Å². The number of thioether (sulfide) groups is 1. The van der Waals surface area contributed by atoms with Crippen molar-refractivity contribution in [1.29, 1.82) is 0 Å². The number of morpholine rings is 1. The maximum atomic E-state index is 12.3. The molecule has 5 atom stereocenters. The number of hydrogen-bond acceptors (Lipinski definition) is 10. The lowest BCUT2D eigenvalue weighted by molar-refractivity contribution is -0.201. The first-order chi connectivity index (χ1) is 12.6. The van der Waals surface area contributed by atoms with E-state index in [1.54, 1.807) is 0 Å². The van der Waals surface area contributed by atoms with Crippen LogP contribution in [-0.4, -0.2) is 76.8 Å². The van der Waals surface area contributed by atoms with Gasteiger partial charge < -0.3 is 23.8 Å². The van der Waals surface area contributed by atoms with Gasteiger partial charge in [-0.1, -0.05) is 0 Å². The molecule has 0 aromatic heterocycles. The maximum absolute atomic E-state index is 12.3. The Labute approximate surface area is 159 Å². The van der Waals surface area contributed by atoms with E-state index in [1.807, 2.05) is 0 Å². The first-order valence-corrected chi connectivity index (χ1v) is 9.25. The Balaban J connectivity index is 2.35. The van der Waals surface area contributed by atoms with E-state index in [-0.39, 0.29) is 5.91 Å². The lowest BCUT2D eigenvalue weighted by Gasteiger charge is -2.41. The van der Waals surface area contributed by atoms with E-state index in [1.165, 1.54) is 30.5 Å². The summed E-state index contributed by atoms with van der Waals surface area (Å²) in [6.45, 7) is 4.37. The zero-order valence-corrected chi connectivity index (χ0v) is 16.1. The number of fused-ring (bicyclic) bond motifs is 2. The molecular formula is C16H21NO9S. The van der Waals surface area contributed by atoms with Crippen molar-refractivity contribution in [2.45, 2.75) is 57.4 Å². The summed E-state index contributed by atoms with van der Waals surface area (Å²) in [4.78, 5) is 60.0. The Bertz CT molecular complexity index is 652. The average molecular weight is 403 g/mol. The Morgan fingerprint density at radius 3 is 2.26 bits per heavy atom. The molecule has 11 heteroatoms. The van der Waals surface area contributed by atoms with Crippen molar-refractivity contribution in [3.63, 3.8) is 0 Å². The number of carbonyl (C=O) groups excluding carboxylic acids is 5. The second-order valence-electron chi connectivity index (χ2n) is 6.09. The smallest absolute Gasteiger partial charge is 0.330 e. The van der Waals surface area contributed by atoms with Crippen LogP contribution >= 0.6 is 11.8 Å². The van der Waals surface area contributed by atoms with E-state index in [2.05, 4.69) is 0 Å². The summed E-state index contributed by atoms with van der Waals surface area (Å²) < 4.78 is 20.8. The maximum Gasteiger partial charge on any atom is 0.330 e. The monoisotopic (exact) mass is 403 g/mol. The molecule has 2 saturated heterocycles. The molecule has 10 nitrogen and oxygen atoms in total. The summed E-state index contributed by atoms with van der Waals surface area (Å²) >= 11 is 1.30. The first kappa shape index (κ1) is 21.0. The summed E-state index contributed by atoms with van der Waals surface area (Å²) in [6.07, 6.45) is -3.55. The molecular weight excluding hydrogens is 382 g/mol. The summed E-state index contributed by atoms with van der Waals surface area (Å²) in [6, 6.07) is -0.715. The second kappa shape index (κ2) is 8.59. The topological polar surface area (TPSA) is 126 Å². The molecule has 2 aliphatic rings. The summed E-state index contributed by atoms with van der Waals surface area (Å²) in [5.41, 5.74) is 0. The van der Waals surface area contributed by atoms with Gasteiger partial charge in [0.1, 0.15) is 18.0 Å². The van der Waals surface area contributed by atoms with E-state index in [0.717, 1.165) is 13.8 Å². The van der Waals surface area contributed by atoms with Crippen LogP contribution < -0.4 is 0 Å². The van der Waals surface area contributed by atoms with Crippen LogP contribution in [0.3, 0.4) is 0 Å². The molecule has 27 heavy (non-hydrogen) atoms. The van der Waals surface area contributed by atoms with Crippen molar-refractivity contribution in [2.75, 3.05) is 12.4 Å². The minimum absolute atomic E-state index is 0.331. The summed E-state index contributed by atoms with van der Waals surface area (Å²) in [5.74, 6) is -2.67. The SMILES string of the molecule is CC(=O)OCC(OC(C)=O)C(OC(C)=O)C1OC(=O)C2CSC1N2C(C)=O. The third-order valence-corrected chi connectivity index (χ3v) is 5.31. The fourth-order valence-corrected chi connectivity index (χ4v) is 4.55. The highest BCUT2D eigenvalue weighted by molar-refractivity contribution is 8.00. The minimum Gasteiger partial charge on any atom is -0.462 e. The molecule has 0 spiro atoms. The predicted octanol–water partition coefficient (Wildman–Crippen LogP) is -0.372. The number of hydrogen-bond donors (Lipinski definition) is 0. The molecule has 150 valence electrons. The molecule has 2 fully saturated rings. The van der Waals surface area contributed by atoms with Crippen LogP contribution in [0.5, 0.6) is 0 Å². The van der Waals surface area contributed by atoms with Crippen LogP contribution in [0.2, 0.25) is 0 Å². The molecule has 2 rings (SSSR count). The number of nitrogens with zero attached hydrogens (tertiary/aromatic N) is 1. The van der Waals surface area contributed by atoms with Gasteiger partial charge in [-0.2, -0.15) is 0 Å². The molecule has 0 aliphatic carbocycles. The number of carbonyl (C=O) groups is 5. The van der Waals surface area contributed by atoms with Gasteiger partial charge in [-0.25, -0.2) is 4.79 Å². The third kappa shape index (κ3) is 4.90. The van der Waals surface area contributed by atoms with E-state index in [0.29, 0.717) is 5.75 Å². The molecule has 0 aromatic rings. The standard InChI is InChI=1S/C16H21NO9S/c1-7(18)17-11-6-27-15(17)14(26-16(11)22)13(25-10(4)21)12(24-9(3)20)5-23-8(2)19/h11-15H,5-6H2,1-4H3. The summed E-state index contributed by atoms with van der Waals surface area (Å²) in [5, 5.41) is -0.620. The Morgan fingerprint density at radius 1 is 1.11 bits per heavy atom. The van der Waals surface area contributed by atoms with Gasteiger partial charge in [0, 0.05) is 33.4 Å². The van der Waals surface area contributed by atoms with Gasteiger partial charge in [-0.3, -0.25) is 19.2 Å². The molecule has 5 unspecified atom stereocenters. The first-order valence-electron chi connectivity index (χ1n) is 8.20. The molecule has 2 bridgehead atoms. The number of esters is 4. The number of amides is 1. The summed E-state index contributed by atoms with van der Waals surface area (Å²) in [7, 11) is 0. The molecule has 2 aliphatic heterocycles. The normalized spacial score (nSPS) is 25.9. The van der Waals surface area contributed by atoms with Crippen LogP contribution in [0.1, 0.15) is 27.7 Å². The quantitative estimate of drug-likeness (QED) is 0.428. The van der Waals surface area contributed by atoms with E-state index in [9.17, 15) is 24.0 Å². The van der Waals surface area contributed by atoms with Crippen LogP contribution in [0.15, 0.2) is 0 Å². The zero-order valence-electron chi connectivity index (χ0n) is 15.3. The fourth-order valence-electron chi connectivity index (χ4n) is 3.02. The second-order valence-corrected chi connectivity index (χ2v) is 7.24. The molecule has 2 heterocycles.